The second kappa shape index (κ2) is 4.37. The summed E-state index contributed by atoms with van der Waals surface area (Å²) in [7, 11) is 0. The highest BCUT2D eigenvalue weighted by Gasteiger charge is 2.37. The average molecular weight is 243 g/mol. The number of rotatable bonds is 2. The zero-order chi connectivity index (χ0) is 11.6. The van der Waals surface area contributed by atoms with Crippen molar-refractivity contribution in [1.29, 1.82) is 0 Å². The molecule has 1 atom stereocenters. The summed E-state index contributed by atoms with van der Waals surface area (Å²) in [5, 5.41) is 8.55. The van der Waals surface area contributed by atoms with Crippen molar-refractivity contribution in [3.63, 3.8) is 0 Å². The molecule has 6 heteroatoms. The first-order chi connectivity index (χ1) is 6.80. The summed E-state index contributed by atoms with van der Waals surface area (Å²) < 4.78 is 48.7. The van der Waals surface area contributed by atoms with Crippen LogP contribution in [-0.4, -0.2) is 17.4 Å². The summed E-state index contributed by atoms with van der Waals surface area (Å²) in [5.74, 6) is -0.802. The van der Waals surface area contributed by atoms with Gasteiger partial charge in [-0.1, -0.05) is 17.7 Å². The number of hydrogen-bond acceptors (Lipinski definition) is 1. The Labute approximate surface area is 88.3 Å². The van der Waals surface area contributed by atoms with Gasteiger partial charge < -0.3 is 5.11 Å². The van der Waals surface area contributed by atoms with E-state index in [4.69, 9.17) is 16.7 Å². The molecule has 0 unspecified atom stereocenters. The molecule has 1 aromatic carbocycles. The quantitative estimate of drug-likeness (QED) is 0.791. The van der Waals surface area contributed by atoms with Gasteiger partial charge in [-0.3, -0.25) is 0 Å². The second-order valence-electron chi connectivity index (χ2n) is 3.01. The van der Waals surface area contributed by atoms with Crippen LogP contribution in [-0.2, 0) is 6.42 Å². The molecule has 1 N–H and O–H groups in total. The van der Waals surface area contributed by atoms with Crippen molar-refractivity contribution in [2.24, 2.45) is 0 Å². The van der Waals surface area contributed by atoms with Crippen LogP contribution in [0.15, 0.2) is 18.2 Å². The third-order valence-electron chi connectivity index (χ3n) is 1.79. The Morgan fingerprint density at radius 1 is 1.33 bits per heavy atom. The topological polar surface area (TPSA) is 20.2 Å². The lowest BCUT2D eigenvalue weighted by Gasteiger charge is -2.14. The third kappa shape index (κ3) is 3.35. The van der Waals surface area contributed by atoms with Crippen molar-refractivity contribution in [2.45, 2.75) is 18.7 Å². The predicted molar refractivity (Wildman–Crippen MR) is 47.2 cm³/mol. The SMILES string of the molecule is O[C@H](Cc1ccc(Cl)c(F)c1)C(F)(F)F. The summed E-state index contributed by atoms with van der Waals surface area (Å²) in [6.07, 6.45) is -7.87. The maximum absolute atomic E-state index is 12.8. The van der Waals surface area contributed by atoms with Gasteiger partial charge in [-0.15, -0.1) is 0 Å². The Hall–Kier alpha value is -0.810. The molecule has 0 saturated carbocycles. The molecule has 0 aliphatic rings. The Morgan fingerprint density at radius 2 is 1.93 bits per heavy atom. The first kappa shape index (κ1) is 12.3. The standard InChI is InChI=1S/C9H7ClF4O/c10-6-2-1-5(3-7(6)11)4-8(15)9(12,13)14/h1-3,8,15H,4H2/t8-/m1/s1. The highest BCUT2D eigenvalue weighted by molar-refractivity contribution is 6.30. The van der Waals surface area contributed by atoms with Crippen LogP contribution in [0.4, 0.5) is 17.6 Å². The van der Waals surface area contributed by atoms with E-state index < -0.39 is 24.5 Å². The molecule has 1 rings (SSSR count). The molecule has 0 fully saturated rings. The smallest absolute Gasteiger partial charge is 0.383 e. The third-order valence-corrected chi connectivity index (χ3v) is 2.10. The zero-order valence-corrected chi connectivity index (χ0v) is 8.11. The molecule has 0 aromatic heterocycles. The van der Waals surface area contributed by atoms with Gasteiger partial charge in [0, 0.05) is 6.42 Å². The van der Waals surface area contributed by atoms with Gasteiger partial charge in [-0.05, 0) is 17.7 Å². The Balaban J connectivity index is 2.78. The minimum atomic E-state index is -4.70. The second-order valence-corrected chi connectivity index (χ2v) is 3.42. The minimum Gasteiger partial charge on any atom is -0.383 e. The lowest BCUT2D eigenvalue weighted by Crippen LogP contribution is -2.30. The van der Waals surface area contributed by atoms with Crippen LogP contribution < -0.4 is 0 Å². The zero-order valence-electron chi connectivity index (χ0n) is 7.35. The molecule has 1 nitrogen and oxygen atoms in total. The number of halogens is 5. The van der Waals surface area contributed by atoms with E-state index in [9.17, 15) is 17.6 Å². The van der Waals surface area contributed by atoms with Crippen molar-refractivity contribution in [3.05, 3.63) is 34.6 Å². The van der Waals surface area contributed by atoms with Gasteiger partial charge in [-0.25, -0.2) is 4.39 Å². The van der Waals surface area contributed by atoms with Crippen molar-refractivity contribution >= 4 is 11.6 Å². The molecule has 1 aromatic rings. The van der Waals surface area contributed by atoms with E-state index >= 15 is 0 Å². The Morgan fingerprint density at radius 3 is 2.40 bits per heavy atom. The molecule has 0 spiro atoms. The molecule has 15 heavy (non-hydrogen) atoms. The van der Waals surface area contributed by atoms with Crippen LogP contribution in [0.25, 0.3) is 0 Å². The van der Waals surface area contributed by atoms with E-state index in [1.807, 2.05) is 0 Å². The van der Waals surface area contributed by atoms with E-state index in [1.54, 1.807) is 0 Å². The van der Waals surface area contributed by atoms with Gasteiger partial charge >= 0.3 is 6.18 Å². The lowest BCUT2D eigenvalue weighted by atomic mass is 10.1. The molecular weight excluding hydrogens is 236 g/mol. The molecule has 0 radical (unpaired) electrons. The number of aliphatic hydroxyl groups excluding tert-OH is 1. The first-order valence-electron chi connectivity index (χ1n) is 3.99. The molecule has 0 aliphatic heterocycles. The molecule has 0 amide bonds. The van der Waals surface area contributed by atoms with Crippen molar-refractivity contribution < 1.29 is 22.7 Å². The summed E-state index contributed by atoms with van der Waals surface area (Å²) >= 11 is 5.35. The van der Waals surface area contributed by atoms with Crippen LogP contribution in [0, 0.1) is 5.82 Å². The van der Waals surface area contributed by atoms with Crippen molar-refractivity contribution in [2.75, 3.05) is 0 Å². The van der Waals surface area contributed by atoms with Crippen molar-refractivity contribution in [1.82, 2.24) is 0 Å². The van der Waals surface area contributed by atoms with Crippen LogP contribution in [0.3, 0.4) is 0 Å². The lowest BCUT2D eigenvalue weighted by molar-refractivity contribution is -0.203. The van der Waals surface area contributed by atoms with Gasteiger partial charge in [0.1, 0.15) is 5.82 Å². The van der Waals surface area contributed by atoms with E-state index in [0.29, 0.717) is 0 Å². The van der Waals surface area contributed by atoms with Crippen LogP contribution in [0.2, 0.25) is 5.02 Å². The monoisotopic (exact) mass is 242 g/mol. The van der Waals surface area contributed by atoms with Crippen molar-refractivity contribution in [3.8, 4) is 0 Å². The van der Waals surface area contributed by atoms with E-state index in [-0.39, 0.29) is 10.6 Å². The molecule has 0 bridgehead atoms. The number of alkyl halides is 3. The Kier molecular flexibility index (Phi) is 3.57. The van der Waals surface area contributed by atoms with Gasteiger partial charge in [0.05, 0.1) is 5.02 Å². The maximum atomic E-state index is 12.8. The summed E-state index contributed by atoms with van der Waals surface area (Å²) in [5.41, 5.74) is 0.0433. The highest BCUT2D eigenvalue weighted by atomic mass is 35.5. The average Bonchev–Trinajstić information content (AvgIpc) is 2.10. The van der Waals surface area contributed by atoms with Gasteiger partial charge in [0.25, 0.3) is 0 Å². The molecule has 84 valence electrons. The van der Waals surface area contributed by atoms with Crippen LogP contribution >= 0.6 is 11.6 Å². The largest absolute Gasteiger partial charge is 0.414 e. The summed E-state index contributed by atoms with van der Waals surface area (Å²) in [4.78, 5) is 0. The minimum absolute atomic E-state index is 0.0433. The van der Waals surface area contributed by atoms with Crippen LogP contribution in [0.1, 0.15) is 5.56 Å². The predicted octanol–water partition coefficient (Wildman–Crippen LogP) is 2.94. The molecule has 0 aliphatic carbocycles. The van der Waals surface area contributed by atoms with Gasteiger partial charge in [0.15, 0.2) is 6.10 Å². The van der Waals surface area contributed by atoms with Gasteiger partial charge in [-0.2, -0.15) is 13.2 Å². The maximum Gasteiger partial charge on any atom is 0.414 e. The van der Waals surface area contributed by atoms with Gasteiger partial charge in [0.2, 0.25) is 0 Å². The first-order valence-corrected chi connectivity index (χ1v) is 4.37. The fourth-order valence-electron chi connectivity index (χ4n) is 1.01. The Bertz CT molecular complexity index is 350. The molecule has 0 saturated heterocycles. The number of hydrogen-bond donors (Lipinski definition) is 1. The van der Waals surface area contributed by atoms with Crippen LogP contribution in [0.5, 0.6) is 0 Å². The summed E-state index contributed by atoms with van der Waals surface area (Å²) in [6.45, 7) is 0. The van der Waals surface area contributed by atoms with E-state index in [0.717, 1.165) is 12.1 Å². The van der Waals surface area contributed by atoms with E-state index in [1.165, 1.54) is 6.07 Å². The fourth-order valence-corrected chi connectivity index (χ4v) is 1.12. The van der Waals surface area contributed by atoms with E-state index in [2.05, 4.69) is 0 Å². The molecular formula is C9H7ClF4O. The number of aliphatic hydroxyl groups is 1. The number of benzene rings is 1. The fraction of sp³-hybridized carbons (Fsp3) is 0.333. The summed E-state index contributed by atoms with van der Waals surface area (Å²) in [6, 6.07) is 3.26. The molecule has 0 heterocycles. The highest BCUT2D eigenvalue weighted by Crippen LogP contribution is 2.24. The normalized spacial score (nSPS) is 14.0.